The molecule has 1 nitrogen and oxygen atoms in total. The summed E-state index contributed by atoms with van der Waals surface area (Å²) in [6.07, 6.45) is 34.7. The van der Waals surface area contributed by atoms with Crippen molar-refractivity contribution in [2.75, 3.05) is 0 Å². The topological polar surface area (TPSA) is 17.1 Å². The first-order valence-corrected chi connectivity index (χ1v) is 10.5. The first-order chi connectivity index (χ1) is 12.9. The Morgan fingerprint density at radius 1 is 0.538 bits per heavy atom. The van der Waals surface area contributed by atoms with Crippen LogP contribution in [0.15, 0.2) is 71.9 Å². The van der Waals surface area contributed by atoms with Crippen molar-refractivity contribution in [1.82, 2.24) is 0 Å². The van der Waals surface area contributed by atoms with E-state index in [1.807, 2.05) is 24.3 Å². The van der Waals surface area contributed by atoms with E-state index < -0.39 is 0 Å². The molecule has 0 bridgehead atoms. The molecule has 0 amide bonds. The highest BCUT2D eigenvalue weighted by Crippen LogP contribution is 2.21. The second kappa shape index (κ2) is 13.3. The van der Waals surface area contributed by atoms with Crippen LogP contribution in [0.3, 0.4) is 0 Å². The summed E-state index contributed by atoms with van der Waals surface area (Å²) in [7, 11) is 0. The molecule has 2 aliphatic rings. The molecule has 1 heteroatoms. The molecule has 0 aromatic rings. The van der Waals surface area contributed by atoms with Gasteiger partial charge < -0.3 is 0 Å². The zero-order valence-electron chi connectivity index (χ0n) is 16.2. The van der Waals surface area contributed by atoms with Gasteiger partial charge in [-0.1, -0.05) is 86.4 Å². The molecular weight excluding hydrogens is 316 g/mol. The lowest BCUT2D eigenvalue weighted by Gasteiger charge is -2.11. The average molecular weight is 351 g/mol. The summed E-state index contributed by atoms with van der Waals surface area (Å²) >= 11 is 0. The first kappa shape index (κ1) is 20.4. The van der Waals surface area contributed by atoms with Gasteiger partial charge in [0.2, 0.25) is 0 Å². The van der Waals surface area contributed by atoms with Crippen molar-refractivity contribution in [2.45, 2.75) is 77.0 Å². The highest BCUT2D eigenvalue weighted by Gasteiger charge is 2.14. The molecule has 0 unspecified atom stereocenters. The van der Waals surface area contributed by atoms with E-state index in [4.69, 9.17) is 0 Å². The van der Waals surface area contributed by atoms with Crippen LogP contribution in [-0.4, -0.2) is 5.78 Å². The van der Waals surface area contributed by atoms with Crippen LogP contribution in [0.4, 0.5) is 0 Å². The Bertz CT molecular complexity index is 544. The number of allylic oxidation sites excluding steroid dienone is 12. The quantitative estimate of drug-likeness (QED) is 0.509. The number of carbonyl (C=O) groups excluding carboxylic acids is 1. The van der Waals surface area contributed by atoms with Crippen molar-refractivity contribution >= 4 is 5.78 Å². The number of rotatable bonds is 2. The van der Waals surface area contributed by atoms with Crippen molar-refractivity contribution in [3.8, 4) is 0 Å². The maximum atomic E-state index is 13.1. The Labute approximate surface area is 160 Å². The Morgan fingerprint density at radius 3 is 1.50 bits per heavy atom. The smallest absolute Gasteiger partial charge is 0.184 e. The van der Waals surface area contributed by atoms with E-state index in [1.54, 1.807) is 0 Å². The van der Waals surface area contributed by atoms with Gasteiger partial charge in [-0.2, -0.15) is 0 Å². The van der Waals surface area contributed by atoms with Gasteiger partial charge in [-0.15, -0.1) is 0 Å². The van der Waals surface area contributed by atoms with E-state index in [9.17, 15) is 4.79 Å². The summed E-state index contributed by atoms with van der Waals surface area (Å²) in [6.45, 7) is 0. The van der Waals surface area contributed by atoms with Gasteiger partial charge in [-0.05, 0) is 62.5 Å². The van der Waals surface area contributed by atoms with Crippen molar-refractivity contribution < 1.29 is 4.79 Å². The third-order valence-electron chi connectivity index (χ3n) is 5.03. The zero-order valence-corrected chi connectivity index (χ0v) is 16.2. The molecule has 2 rings (SSSR count). The molecule has 26 heavy (non-hydrogen) atoms. The van der Waals surface area contributed by atoms with Gasteiger partial charge in [0, 0.05) is 0 Å². The predicted molar refractivity (Wildman–Crippen MR) is 113 cm³/mol. The van der Waals surface area contributed by atoms with Crippen molar-refractivity contribution in [1.29, 1.82) is 0 Å². The van der Waals surface area contributed by atoms with Gasteiger partial charge in [0.25, 0.3) is 0 Å². The lowest BCUT2D eigenvalue weighted by molar-refractivity contribution is -0.112. The number of hydrogen-bond acceptors (Lipinski definition) is 1. The Morgan fingerprint density at radius 2 is 1.00 bits per heavy atom. The molecular formula is C25H34O. The van der Waals surface area contributed by atoms with Crippen LogP contribution < -0.4 is 0 Å². The highest BCUT2D eigenvalue weighted by molar-refractivity contribution is 6.08. The summed E-state index contributed by atoms with van der Waals surface area (Å²) in [4.78, 5) is 13.1. The molecule has 0 heterocycles. The molecule has 0 saturated heterocycles. The minimum atomic E-state index is 0.251. The van der Waals surface area contributed by atoms with E-state index in [0.717, 1.165) is 49.7 Å². The van der Waals surface area contributed by atoms with E-state index in [0.29, 0.717) is 0 Å². The Balaban J connectivity index is 2.13. The van der Waals surface area contributed by atoms with Crippen LogP contribution in [0, 0.1) is 0 Å². The fourth-order valence-electron chi connectivity index (χ4n) is 3.44. The summed E-state index contributed by atoms with van der Waals surface area (Å²) in [5.41, 5.74) is 1.94. The summed E-state index contributed by atoms with van der Waals surface area (Å²) in [5.74, 6) is 0.251. The van der Waals surface area contributed by atoms with E-state index in [1.165, 1.54) is 38.5 Å². The SMILES string of the molecule is O=C(/C1=C/C=C\C=C/CCCCCC1)/C1=C/C=C\C=C/CCCCCC1. The first-order valence-electron chi connectivity index (χ1n) is 10.5. The number of Topliss-reactive ketones (excluding diaryl/α,β-unsaturated/α-hetero) is 1. The number of carbonyl (C=O) groups is 1. The predicted octanol–water partition coefficient (Wildman–Crippen LogP) is 7.34. The van der Waals surface area contributed by atoms with Crippen LogP contribution in [0.25, 0.3) is 0 Å². The molecule has 0 spiro atoms. The number of hydrogen-bond donors (Lipinski definition) is 0. The third kappa shape index (κ3) is 8.47. The maximum absolute atomic E-state index is 13.1. The monoisotopic (exact) mass is 350 g/mol. The van der Waals surface area contributed by atoms with Gasteiger partial charge in [0.15, 0.2) is 5.78 Å². The van der Waals surface area contributed by atoms with Gasteiger partial charge >= 0.3 is 0 Å². The molecule has 0 aliphatic heterocycles. The molecule has 2 aliphatic carbocycles. The molecule has 0 N–H and O–H groups in total. The minimum absolute atomic E-state index is 0.251. The summed E-state index contributed by atoms with van der Waals surface area (Å²) < 4.78 is 0. The molecule has 0 fully saturated rings. The number of ketones is 1. The van der Waals surface area contributed by atoms with E-state index in [-0.39, 0.29) is 5.78 Å². The van der Waals surface area contributed by atoms with Crippen LogP contribution in [0.2, 0.25) is 0 Å². The van der Waals surface area contributed by atoms with Crippen LogP contribution in [-0.2, 0) is 4.79 Å². The molecule has 140 valence electrons. The van der Waals surface area contributed by atoms with Crippen LogP contribution in [0.1, 0.15) is 77.0 Å². The average Bonchev–Trinajstić information content (AvgIpc) is 2.62. The van der Waals surface area contributed by atoms with Crippen molar-refractivity contribution in [2.24, 2.45) is 0 Å². The molecule has 0 saturated carbocycles. The summed E-state index contributed by atoms with van der Waals surface area (Å²) in [6, 6.07) is 0. The van der Waals surface area contributed by atoms with Gasteiger partial charge in [-0.25, -0.2) is 0 Å². The van der Waals surface area contributed by atoms with Crippen LogP contribution in [0.5, 0.6) is 0 Å². The zero-order chi connectivity index (χ0) is 18.3. The second-order valence-corrected chi connectivity index (χ2v) is 7.24. The lowest BCUT2D eigenvalue weighted by Crippen LogP contribution is -2.07. The van der Waals surface area contributed by atoms with E-state index >= 15 is 0 Å². The molecule has 0 aromatic carbocycles. The normalized spacial score (nSPS) is 29.7. The third-order valence-corrected chi connectivity index (χ3v) is 5.03. The van der Waals surface area contributed by atoms with Gasteiger partial charge in [0.1, 0.15) is 0 Å². The fourth-order valence-corrected chi connectivity index (χ4v) is 3.44. The maximum Gasteiger partial charge on any atom is 0.184 e. The molecule has 0 atom stereocenters. The largest absolute Gasteiger partial charge is 0.289 e. The van der Waals surface area contributed by atoms with Crippen molar-refractivity contribution in [3.05, 3.63) is 71.9 Å². The fraction of sp³-hybridized carbons (Fsp3) is 0.480. The molecule has 0 aromatic heterocycles. The van der Waals surface area contributed by atoms with Gasteiger partial charge in [-0.3, -0.25) is 4.79 Å². The van der Waals surface area contributed by atoms with Gasteiger partial charge in [0.05, 0.1) is 0 Å². The van der Waals surface area contributed by atoms with E-state index in [2.05, 4.69) is 36.5 Å². The van der Waals surface area contributed by atoms with Crippen LogP contribution >= 0.6 is 0 Å². The Kier molecular flexibility index (Phi) is 10.5. The highest BCUT2D eigenvalue weighted by atomic mass is 16.1. The lowest BCUT2D eigenvalue weighted by atomic mass is 9.93. The Hall–Kier alpha value is -1.89. The summed E-state index contributed by atoms with van der Waals surface area (Å²) in [5, 5.41) is 0. The standard InChI is InChI=1S/C25H34O/c26-25(23-19-15-11-7-3-1-4-8-12-16-20-23)24-21-17-13-9-5-2-6-10-14-18-22-24/h3,5,7,9,11,13,15,17,19,21H,1-2,4,6,8,10,12,14,16,18,20,22H2/b7-3-,9-5-,15-11-,17-13-,23-19+,24-21+. The van der Waals surface area contributed by atoms with Crippen molar-refractivity contribution in [3.63, 3.8) is 0 Å². The molecule has 0 radical (unpaired) electrons. The second-order valence-electron chi connectivity index (χ2n) is 7.24. The minimum Gasteiger partial charge on any atom is -0.289 e.